The molecule has 3 aromatic rings. The fraction of sp³-hybridized carbons (Fsp3) is 0.462. The molecule has 1 aromatic heterocycles. The maximum absolute atomic E-state index is 13.0. The van der Waals surface area contributed by atoms with E-state index >= 15 is 0 Å². The minimum absolute atomic E-state index is 0.122. The molecule has 17 nitrogen and oxygen atoms in total. The van der Waals surface area contributed by atoms with E-state index in [2.05, 4.69) is 37.7 Å². The lowest BCUT2D eigenvalue weighted by molar-refractivity contribution is -0.137. The lowest BCUT2D eigenvalue weighted by Crippen LogP contribution is -2.52. The van der Waals surface area contributed by atoms with Crippen LogP contribution in [-0.4, -0.2) is 122 Å². The lowest BCUT2D eigenvalue weighted by Gasteiger charge is -2.37. The van der Waals surface area contributed by atoms with Crippen molar-refractivity contribution in [3.63, 3.8) is 0 Å². The van der Waals surface area contributed by atoms with Gasteiger partial charge in [0.1, 0.15) is 30.1 Å². The average molecular weight is 805 g/mol. The van der Waals surface area contributed by atoms with Gasteiger partial charge in [-0.25, -0.2) is 9.97 Å². The number of nitrogens with zero attached hydrogens (tertiary/aromatic N) is 4. The Morgan fingerprint density at radius 2 is 1.53 bits per heavy atom. The Morgan fingerprint density at radius 1 is 0.877 bits per heavy atom. The molecule has 6 rings (SSSR count). The quantitative estimate of drug-likeness (QED) is 0.101. The number of ether oxygens (including phenoxy) is 4. The first-order valence-electron chi connectivity index (χ1n) is 18.8. The molecule has 0 spiro atoms. The van der Waals surface area contributed by atoms with Crippen LogP contribution in [-0.2, 0) is 44.7 Å². The minimum atomic E-state index is -0.703. The molecule has 57 heavy (non-hydrogen) atoms. The van der Waals surface area contributed by atoms with Gasteiger partial charge in [0.05, 0.1) is 52.0 Å². The van der Waals surface area contributed by atoms with Crippen LogP contribution in [0.5, 0.6) is 0 Å². The van der Waals surface area contributed by atoms with E-state index in [-0.39, 0.29) is 82.3 Å². The Balaban J connectivity index is 0.767. The highest BCUT2D eigenvalue weighted by Gasteiger charge is 2.39. The predicted molar refractivity (Wildman–Crippen MR) is 210 cm³/mol. The van der Waals surface area contributed by atoms with Crippen molar-refractivity contribution in [3.05, 3.63) is 66.0 Å². The highest BCUT2D eigenvalue weighted by molar-refractivity contribution is 7.99. The Morgan fingerprint density at radius 3 is 2.16 bits per heavy atom. The zero-order valence-corrected chi connectivity index (χ0v) is 32.6. The van der Waals surface area contributed by atoms with Gasteiger partial charge in [-0.2, -0.15) is 0 Å². The van der Waals surface area contributed by atoms with Crippen LogP contribution in [0.15, 0.2) is 64.8 Å². The summed E-state index contributed by atoms with van der Waals surface area (Å²) >= 11 is 1.46. The molecule has 3 aliphatic rings. The molecule has 4 heterocycles. The standard InChI is InChI=1S/C39H48N8O9S/c1-39(40)9-11-46(12-10-39)32-21-42-36(22-41-32)57-29-4-2-3-27(19-29)43-34(49)24-55-17-15-53-13-14-54-16-18-56-25-35(50)44-28-6-5-26-23-47(38(52)30(26)20-28)31-7-8-33(48)45-37(31)51/h2-6,19-22,31H,7-18,23-25,40H2,1H3,(H,43,49)(H,44,50)(H,45,48,51). The number of nitrogens with one attached hydrogen (secondary N) is 3. The number of hydrogen-bond acceptors (Lipinski definition) is 14. The molecule has 18 heteroatoms. The van der Waals surface area contributed by atoms with Crippen LogP contribution in [0.2, 0.25) is 0 Å². The molecule has 2 aromatic carbocycles. The molecule has 0 radical (unpaired) electrons. The molecule has 5 N–H and O–H groups in total. The molecule has 1 unspecified atom stereocenters. The Hall–Kier alpha value is -4.98. The normalized spacial score (nSPS) is 17.6. The van der Waals surface area contributed by atoms with Crippen molar-refractivity contribution in [2.45, 2.75) is 60.7 Å². The summed E-state index contributed by atoms with van der Waals surface area (Å²) in [6.07, 6.45) is 5.83. The highest BCUT2D eigenvalue weighted by Crippen LogP contribution is 2.31. The van der Waals surface area contributed by atoms with E-state index in [9.17, 15) is 24.0 Å². The van der Waals surface area contributed by atoms with Gasteiger partial charge in [0.2, 0.25) is 23.6 Å². The van der Waals surface area contributed by atoms with Crippen LogP contribution in [0.3, 0.4) is 0 Å². The topological polar surface area (TPSA) is 217 Å². The second-order valence-corrected chi connectivity index (χ2v) is 15.3. The minimum Gasteiger partial charge on any atom is -0.377 e. The second-order valence-electron chi connectivity index (χ2n) is 14.2. The first kappa shape index (κ1) is 41.6. The average Bonchev–Trinajstić information content (AvgIpc) is 3.50. The monoisotopic (exact) mass is 804 g/mol. The summed E-state index contributed by atoms with van der Waals surface area (Å²) in [5, 5.41) is 8.59. The van der Waals surface area contributed by atoms with E-state index in [4.69, 9.17) is 24.7 Å². The molecular formula is C39H48N8O9S. The third-order valence-electron chi connectivity index (χ3n) is 9.58. The molecule has 2 fully saturated rings. The van der Waals surface area contributed by atoms with E-state index in [0.717, 1.165) is 47.2 Å². The fourth-order valence-corrected chi connectivity index (χ4v) is 7.23. The van der Waals surface area contributed by atoms with Gasteiger partial charge in [-0.3, -0.25) is 29.3 Å². The molecule has 3 aliphatic heterocycles. The molecule has 2 saturated heterocycles. The van der Waals surface area contributed by atoms with Crippen molar-refractivity contribution < 1.29 is 42.9 Å². The molecule has 5 amide bonds. The van der Waals surface area contributed by atoms with Gasteiger partial charge in [0.25, 0.3) is 5.91 Å². The highest BCUT2D eigenvalue weighted by atomic mass is 32.2. The molecule has 1 atom stereocenters. The van der Waals surface area contributed by atoms with Crippen molar-refractivity contribution in [2.24, 2.45) is 5.73 Å². The van der Waals surface area contributed by atoms with E-state index in [1.807, 2.05) is 24.3 Å². The number of imide groups is 1. The number of carbonyl (C=O) groups is 5. The van der Waals surface area contributed by atoms with Crippen LogP contribution in [0.1, 0.15) is 48.5 Å². The van der Waals surface area contributed by atoms with Crippen LogP contribution < -0.4 is 26.6 Å². The van der Waals surface area contributed by atoms with Crippen molar-refractivity contribution in [1.82, 2.24) is 20.2 Å². The molecule has 0 saturated carbocycles. The van der Waals surface area contributed by atoms with Gasteiger partial charge in [0.15, 0.2) is 0 Å². The SMILES string of the molecule is CC1(N)CCN(c2cnc(Sc3cccc(NC(=O)COCCOCCOCCOCC(=O)Nc4ccc5c(c4)C(=O)N(C4CCC(=O)NC4=O)C5)c3)cn2)CC1. The predicted octanol–water partition coefficient (Wildman–Crippen LogP) is 2.35. The van der Waals surface area contributed by atoms with Crippen LogP contribution in [0.25, 0.3) is 0 Å². The van der Waals surface area contributed by atoms with Crippen molar-refractivity contribution in [2.75, 3.05) is 81.5 Å². The van der Waals surface area contributed by atoms with Crippen molar-refractivity contribution in [1.29, 1.82) is 0 Å². The maximum atomic E-state index is 13.0. The zero-order valence-electron chi connectivity index (χ0n) is 31.8. The van der Waals surface area contributed by atoms with Crippen molar-refractivity contribution in [3.8, 4) is 0 Å². The number of fused-ring (bicyclic) bond motifs is 1. The van der Waals surface area contributed by atoms with E-state index in [1.54, 1.807) is 30.6 Å². The van der Waals surface area contributed by atoms with Gasteiger partial charge in [-0.15, -0.1) is 0 Å². The van der Waals surface area contributed by atoms with Crippen molar-refractivity contribution >= 4 is 58.5 Å². The summed E-state index contributed by atoms with van der Waals surface area (Å²) in [5.74, 6) is -0.972. The number of piperidine rings is 2. The summed E-state index contributed by atoms with van der Waals surface area (Å²) in [5.41, 5.74) is 8.35. The van der Waals surface area contributed by atoms with Gasteiger partial charge < -0.3 is 45.1 Å². The largest absolute Gasteiger partial charge is 0.377 e. The summed E-state index contributed by atoms with van der Waals surface area (Å²) in [7, 11) is 0. The lowest BCUT2D eigenvalue weighted by atomic mass is 9.91. The Kier molecular flexibility index (Phi) is 14.6. The zero-order chi connectivity index (χ0) is 40.2. The first-order valence-corrected chi connectivity index (χ1v) is 19.7. The number of carbonyl (C=O) groups excluding carboxylic acids is 5. The Labute approximate surface area is 334 Å². The molecule has 0 aliphatic carbocycles. The maximum Gasteiger partial charge on any atom is 0.255 e. The van der Waals surface area contributed by atoms with E-state index < -0.39 is 17.9 Å². The number of aromatic nitrogens is 2. The number of anilines is 3. The number of rotatable bonds is 19. The van der Waals surface area contributed by atoms with Gasteiger partial charge in [-0.05, 0) is 62.1 Å². The number of benzene rings is 2. The summed E-state index contributed by atoms with van der Waals surface area (Å²) in [4.78, 5) is 75.3. The summed E-state index contributed by atoms with van der Waals surface area (Å²) < 4.78 is 21.8. The van der Waals surface area contributed by atoms with Crippen LogP contribution in [0.4, 0.5) is 17.2 Å². The number of hydrogen-bond donors (Lipinski definition) is 4. The number of amides is 5. The molecule has 0 bridgehead atoms. The summed E-state index contributed by atoms with van der Waals surface area (Å²) in [6, 6.07) is 11.8. The third kappa shape index (κ3) is 12.3. The van der Waals surface area contributed by atoms with E-state index in [0.29, 0.717) is 30.2 Å². The third-order valence-corrected chi connectivity index (χ3v) is 10.5. The van der Waals surface area contributed by atoms with Gasteiger partial charge in [0, 0.05) is 53.4 Å². The van der Waals surface area contributed by atoms with Crippen LogP contribution in [0, 0.1) is 0 Å². The van der Waals surface area contributed by atoms with Gasteiger partial charge >= 0.3 is 0 Å². The first-order chi connectivity index (χ1) is 27.5. The second kappa shape index (κ2) is 19.9. The summed E-state index contributed by atoms with van der Waals surface area (Å²) in [6.45, 7) is 5.32. The van der Waals surface area contributed by atoms with E-state index in [1.165, 1.54) is 16.7 Å². The fourth-order valence-electron chi connectivity index (χ4n) is 6.44. The van der Waals surface area contributed by atoms with Crippen LogP contribution >= 0.6 is 11.8 Å². The van der Waals surface area contributed by atoms with Gasteiger partial charge in [-0.1, -0.05) is 23.9 Å². The number of nitrogens with two attached hydrogens (primary N) is 1. The molecule has 304 valence electrons. The smallest absolute Gasteiger partial charge is 0.255 e. The Bertz CT molecular complexity index is 1900. The molecular weight excluding hydrogens is 757 g/mol.